The summed E-state index contributed by atoms with van der Waals surface area (Å²) in [6.45, 7) is 3.44. The summed E-state index contributed by atoms with van der Waals surface area (Å²) in [7, 11) is 3.50. The van der Waals surface area contributed by atoms with Gasteiger partial charge in [0.2, 0.25) is 0 Å². The second-order valence-electron chi connectivity index (χ2n) is 1.92. The van der Waals surface area contributed by atoms with Gasteiger partial charge < -0.3 is 0 Å². The Labute approximate surface area is 43.6 Å². The third-order valence-electron chi connectivity index (χ3n) is 0.742. The number of nitrogens with zero attached hydrogens (tertiary/aromatic N) is 1. The Balaban J connectivity index is 3.82. The monoisotopic (exact) mass is 100 g/mol. The molecule has 0 radical (unpaired) electrons. The van der Waals surface area contributed by atoms with Crippen molar-refractivity contribution < 1.29 is 9.28 Å². The molecule has 1 amide bonds. The van der Waals surface area contributed by atoms with Crippen molar-refractivity contribution in [1.29, 1.82) is 0 Å². The van der Waals surface area contributed by atoms with Crippen molar-refractivity contribution >= 4 is 6.41 Å². The summed E-state index contributed by atoms with van der Waals surface area (Å²) < 4.78 is 0.222. The lowest BCUT2D eigenvalue weighted by atomic mass is 10.7. The molecule has 0 saturated heterocycles. The number of hydrogen-bond donors (Lipinski definition) is 0. The van der Waals surface area contributed by atoms with Crippen molar-refractivity contribution in [3.8, 4) is 0 Å². The Morgan fingerprint density at radius 2 is 2.00 bits per heavy atom. The molecule has 0 saturated carbocycles. The molecule has 0 aromatic carbocycles. The fourth-order valence-electron chi connectivity index (χ4n) is 0.0430. The molecule has 0 bridgehead atoms. The minimum Gasteiger partial charge on any atom is -0.243 e. The highest BCUT2D eigenvalue weighted by atomic mass is 16.1. The van der Waals surface area contributed by atoms with Crippen LogP contribution in [0.5, 0.6) is 0 Å². The molecule has 7 heavy (non-hydrogen) atoms. The van der Waals surface area contributed by atoms with Crippen molar-refractivity contribution in [2.75, 3.05) is 14.1 Å². The summed E-state index contributed by atoms with van der Waals surface area (Å²) in [5.74, 6) is 0. The molecule has 0 aliphatic heterocycles. The van der Waals surface area contributed by atoms with E-state index in [2.05, 4.69) is 6.58 Å². The topological polar surface area (TPSA) is 17.1 Å². The average molecular weight is 100 g/mol. The van der Waals surface area contributed by atoms with Crippen LogP contribution in [0.2, 0.25) is 0 Å². The second-order valence-corrected chi connectivity index (χ2v) is 1.92. The molecule has 2 nitrogen and oxygen atoms in total. The van der Waals surface area contributed by atoms with Gasteiger partial charge in [-0.2, -0.15) is 0 Å². The molecule has 0 fully saturated rings. The van der Waals surface area contributed by atoms with E-state index in [1.807, 2.05) is 0 Å². The van der Waals surface area contributed by atoms with E-state index in [1.54, 1.807) is 20.3 Å². The average Bonchev–Trinajstić information content (AvgIpc) is 1.68. The van der Waals surface area contributed by atoms with Gasteiger partial charge in [-0.1, -0.05) is 0 Å². The number of rotatable bonds is 2. The van der Waals surface area contributed by atoms with E-state index in [1.165, 1.54) is 0 Å². The van der Waals surface area contributed by atoms with Gasteiger partial charge in [-0.25, -0.2) is 9.28 Å². The first-order valence-electron chi connectivity index (χ1n) is 2.05. The zero-order valence-electron chi connectivity index (χ0n) is 4.72. The molecule has 0 atom stereocenters. The molecule has 0 N–H and O–H groups in total. The van der Waals surface area contributed by atoms with Crippen molar-refractivity contribution in [3.63, 3.8) is 0 Å². The van der Waals surface area contributed by atoms with E-state index >= 15 is 0 Å². The van der Waals surface area contributed by atoms with Crippen LogP contribution in [0.25, 0.3) is 0 Å². The third kappa shape index (κ3) is 2.11. The normalized spacial score (nSPS) is 10.6. The van der Waals surface area contributed by atoms with Gasteiger partial charge in [0.05, 0.1) is 20.3 Å². The quantitative estimate of drug-likeness (QED) is 0.362. The SMILES string of the molecule is C=C[N+](C)(C)C=O. The Morgan fingerprint density at radius 3 is 2.00 bits per heavy atom. The lowest BCUT2D eigenvalue weighted by Gasteiger charge is -2.12. The lowest BCUT2D eigenvalue weighted by molar-refractivity contribution is -0.748. The van der Waals surface area contributed by atoms with Gasteiger partial charge in [0.15, 0.2) is 0 Å². The summed E-state index contributed by atoms with van der Waals surface area (Å²) >= 11 is 0. The van der Waals surface area contributed by atoms with E-state index in [0.717, 1.165) is 6.41 Å². The van der Waals surface area contributed by atoms with Gasteiger partial charge in [0.1, 0.15) is 0 Å². The van der Waals surface area contributed by atoms with Gasteiger partial charge >= 0.3 is 6.41 Å². The molecular formula is C5H10NO+. The third-order valence-corrected chi connectivity index (χ3v) is 0.742. The Bertz CT molecular complexity index is 76.1. The van der Waals surface area contributed by atoms with Crippen molar-refractivity contribution in [1.82, 2.24) is 0 Å². The molecule has 0 aliphatic rings. The molecule has 40 valence electrons. The fourth-order valence-corrected chi connectivity index (χ4v) is 0.0430. The predicted molar refractivity (Wildman–Crippen MR) is 28.4 cm³/mol. The minimum atomic E-state index is 0.222. The van der Waals surface area contributed by atoms with Crippen LogP contribution in [0.3, 0.4) is 0 Å². The van der Waals surface area contributed by atoms with E-state index in [-0.39, 0.29) is 4.48 Å². The second kappa shape index (κ2) is 1.89. The highest BCUT2D eigenvalue weighted by Gasteiger charge is 2.04. The van der Waals surface area contributed by atoms with Gasteiger partial charge in [0.25, 0.3) is 0 Å². The molecule has 0 aromatic heterocycles. The number of hydrogen-bond acceptors (Lipinski definition) is 1. The van der Waals surface area contributed by atoms with Gasteiger partial charge in [0, 0.05) is 0 Å². The number of carbonyl (C=O) groups is 1. The van der Waals surface area contributed by atoms with Gasteiger partial charge in [-0.3, -0.25) is 0 Å². The number of carbonyl (C=O) groups excluding carboxylic acids is 1. The summed E-state index contributed by atoms with van der Waals surface area (Å²) in [4.78, 5) is 9.96. The van der Waals surface area contributed by atoms with Gasteiger partial charge in [-0.05, 0) is 6.58 Å². The first-order valence-corrected chi connectivity index (χ1v) is 2.05. The van der Waals surface area contributed by atoms with Crippen LogP contribution in [-0.2, 0) is 4.79 Å². The minimum absolute atomic E-state index is 0.222. The van der Waals surface area contributed by atoms with Crippen LogP contribution in [0.1, 0.15) is 0 Å². The van der Waals surface area contributed by atoms with Gasteiger partial charge in [-0.15, -0.1) is 0 Å². The van der Waals surface area contributed by atoms with E-state index in [4.69, 9.17) is 0 Å². The van der Waals surface area contributed by atoms with Crippen molar-refractivity contribution in [2.24, 2.45) is 0 Å². The van der Waals surface area contributed by atoms with Crippen molar-refractivity contribution in [2.45, 2.75) is 0 Å². The molecule has 0 rings (SSSR count). The van der Waals surface area contributed by atoms with E-state index < -0.39 is 0 Å². The molecule has 0 heterocycles. The largest absolute Gasteiger partial charge is 0.305 e. The maximum atomic E-state index is 9.96. The van der Waals surface area contributed by atoms with Crippen LogP contribution >= 0.6 is 0 Å². The highest BCUT2D eigenvalue weighted by molar-refractivity contribution is 5.37. The number of amides is 1. The predicted octanol–water partition coefficient (Wildman–Crippen LogP) is 0.363. The lowest BCUT2D eigenvalue weighted by Crippen LogP contribution is -2.30. The Hall–Kier alpha value is -0.630. The molecule has 0 unspecified atom stereocenters. The van der Waals surface area contributed by atoms with Crippen LogP contribution in [0.4, 0.5) is 0 Å². The summed E-state index contributed by atoms with van der Waals surface area (Å²) in [5, 5.41) is 0. The smallest absolute Gasteiger partial charge is 0.243 e. The fraction of sp³-hybridized carbons (Fsp3) is 0.400. The van der Waals surface area contributed by atoms with Crippen molar-refractivity contribution in [3.05, 3.63) is 12.8 Å². The van der Waals surface area contributed by atoms with E-state index in [0.29, 0.717) is 0 Å². The summed E-state index contributed by atoms with van der Waals surface area (Å²) in [6, 6.07) is 0. The standard InChI is InChI=1S/C5H10NO/c1-4-6(2,3)5-7/h4-5H,1H2,2-3H3/q+1. The maximum absolute atomic E-state index is 9.96. The number of quaternary nitrogens is 1. The molecular weight excluding hydrogens is 90.1 g/mol. The van der Waals surface area contributed by atoms with Crippen LogP contribution in [0.15, 0.2) is 12.8 Å². The Kier molecular flexibility index (Phi) is 1.72. The molecule has 0 aliphatic carbocycles. The molecule has 2 heteroatoms. The maximum Gasteiger partial charge on any atom is 0.305 e. The molecule has 0 aromatic rings. The van der Waals surface area contributed by atoms with Crippen LogP contribution < -0.4 is 0 Å². The Morgan fingerprint density at radius 1 is 1.57 bits per heavy atom. The summed E-state index contributed by atoms with van der Waals surface area (Å²) in [6.07, 6.45) is 2.38. The first-order chi connectivity index (χ1) is 3.12. The van der Waals surface area contributed by atoms with Crippen LogP contribution in [0, 0.1) is 0 Å². The zero-order valence-corrected chi connectivity index (χ0v) is 4.72. The first kappa shape index (κ1) is 6.37. The van der Waals surface area contributed by atoms with Crippen LogP contribution in [-0.4, -0.2) is 25.0 Å². The highest BCUT2D eigenvalue weighted by Crippen LogP contribution is 1.87. The summed E-state index contributed by atoms with van der Waals surface area (Å²) in [5.41, 5.74) is 0. The van der Waals surface area contributed by atoms with E-state index in [9.17, 15) is 4.79 Å². The molecule has 0 spiro atoms. The zero-order chi connectivity index (χ0) is 5.91.